The highest BCUT2D eigenvalue weighted by Crippen LogP contribution is 2.26. The molecule has 0 fully saturated rings. The number of ether oxygens (including phenoxy) is 1. The number of carbonyl (C=O) groups is 3. The molecular weight excluding hydrogens is 474 g/mol. The Morgan fingerprint density at radius 2 is 1.40 bits per heavy atom. The molecule has 11 heteroatoms. The molecular formula is C24H21N3O7S. The van der Waals surface area contributed by atoms with E-state index in [2.05, 4.69) is 0 Å². The number of primary amides is 1. The van der Waals surface area contributed by atoms with Gasteiger partial charge in [0.05, 0.1) is 16.0 Å². The standard InChI is InChI=1S/C24H21N3O7S/c25-22(28)21(14-15-26-23(29)19-8-4-5-9-20(19)24(26)30)27(31)35(32,33)18-12-10-17(11-13-18)34-16-6-2-1-3-7-16/h1-13,21,31H,14-15H2,(H2,25,28). The second-order valence-electron chi connectivity index (χ2n) is 7.68. The van der Waals surface area contributed by atoms with E-state index < -0.39 is 40.2 Å². The second-order valence-corrected chi connectivity index (χ2v) is 9.47. The number of fused-ring (bicyclic) bond motifs is 1. The summed E-state index contributed by atoms with van der Waals surface area (Å²) in [4.78, 5) is 37.6. The first-order valence-electron chi connectivity index (χ1n) is 10.5. The zero-order valence-electron chi connectivity index (χ0n) is 18.3. The predicted octanol–water partition coefficient (Wildman–Crippen LogP) is 2.40. The summed E-state index contributed by atoms with van der Waals surface area (Å²) in [7, 11) is -4.56. The Morgan fingerprint density at radius 3 is 1.94 bits per heavy atom. The number of sulfonamides is 1. The van der Waals surface area contributed by atoms with E-state index >= 15 is 0 Å². The van der Waals surface area contributed by atoms with Crippen molar-refractivity contribution in [3.05, 3.63) is 90.0 Å². The molecule has 0 radical (unpaired) electrons. The minimum atomic E-state index is -4.56. The summed E-state index contributed by atoms with van der Waals surface area (Å²) in [5.41, 5.74) is 5.76. The summed E-state index contributed by atoms with van der Waals surface area (Å²) in [5, 5.41) is 10.5. The molecule has 1 aliphatic rings. The maximum atomic E-state index is 12.9. The second kappa shape index (κ2) is 9.66. The van der Waals surface area contributed by atoms with Crippen LogP contribution in [0.1, 0.15) is 27.1 Å². The van der Waals surface area contributed by atoms with Gasteiger partial charge < -0.3 is 10.5 Å². The van der Waals surface area contributed by atoms with E-state index in [4.69, 9.17) is 10.5 Å². The van der Waals surface area contributed by atoms with Gasteiger partial charge in [-0.25, -0.2) is 8.42 Å². The van der Waals surface area contributed by atoms with Crippen LogP contribution in [-0.4, -0.2) is 53.3 Å². The van der Waals surface area contributed by atoms with E-state index in [0.717, 1.165) is 4.90 Å². The molecule has 3 amide bonds. The van der Waals surface area contributed by atoms with Crippen LogP contribution in [0.15, 0.2) is 83.8 Å². The number of rotatable bonds is 9. The molecule has 0 saturated heterocycles. The molecule has 1 atom stereocenters. The number of hydrogen-bond acceptors (Lipinski definition) is 7. The Morgan fingerprint density at radius 1 is 0.886 bits per heavy atom. The van der Waals surface area contributed by atoms with Crippen LogP contribution >= 0.6 is 0 Å². The minimum Gasteiger partial charge on any atom is -0.457 e. The first-order valence-corrected chi connectivity index (χ1v) is 11.9. The van der Waals surface area contributed by atoms with Gasteiger partial charge in [0.2, 0.25) is 5.91 Å². The zero-order chi connectivity index (χ0) is 25.2. The smallest absolute Gasteiger partial charge is 0.265 e. The number of benzene rings is 3. The first kappa shape index (κ1) is 24.1. The van der Waals surface area contributed by atoms with E-state index in [0.29, 0.717) is 11.5 Å². The highest BCUT2D eigenvalue weighted by Gasteiger charge is 2.38. The third-order valence-corrected chi connectivity index (χ3v) is 7.06. The van der Waals surface area contributed by atoms with E-state index in [-0.39, 0.29) is 27.0 Å². The number of hydroxylamine groups is 1. The van der Waals surface area contributed by atoms with Crippen molar-refractivity contribution in [1.29, 1.82) is 0 Å². The number of hydrogen-bond donors (Lipinski definition) is 2. The number of para-hydroxylation sites is 1. The Kier molecular flexibility index (Phi) is 6.65. The van der Waals surface area contributed by atoms with Gasteiger partial charge in [-0.15, -0.1) is 0 Å². The number of carbonyl (C=O) groups excluding carboxylic acids is 3. The van der Waals surface area contributed by atoms with E-state index in [1.54, 1.807) is 36.4 Å². The number of nitrogens with zero attached hydrogens (tertiary/aromatic N) is 2. The van der Waals surface area contributed by atoms with Gasteiger partial charge in [-0.1, -0.05) is 34.8 Å². The Bertz CT molecular complexity index is 1340. The van der Waals surface area contributed by atoms with Gasteiger partial charge in [0.15, 0.2) is 0 Å². The van der Waals surface area contributed by atoms with E-state index in [1.165, 1.54) is 36.4 Å². The van der Waals surface area contributed by atoms with Crippen molar-refractivity contribution >= 4 is 27.7 Å². The quantitative estimate of drug-likeness (QED) is 0.342. The van der Waals surface area contributed by atoms with Crippen molar-refractivity contribution in [2.45, 2.75) is 17.4 Å². The van der Waals surface area contributed by atoms with Crippen molar-refractivity contribution in [3.8, 4) is 11.5 Å². The maximum absolute atomic E-state index is 12.9. The molecule has 0 saturated carbocycles. The van der Waals surface area contributed by atoms with Crippen LogP contribution in [0.4, 0.5) is 0 Å². The number of amides is 3. The fourth-order valence-electron chi connectivity index (χ4n) is 3.63. The summed E-state index contributed by atoms with van der Waals surface area (Å²) in [6.45, 7) is -0.323. The van der Waals surface area contributed by atoms with Crippen LogP contribution in [0.2, 0.25) is 0 Å². The zero-order valence-corrected chi connectivity index (χ0v) is 19.1. The molecule has 1 unspecified atom stereocenters. The third-order valence-electron chi connectivity index (χ3n) is 5.45. The fraction of sp³-hybridized carbons (Fsp3) is 0.125. The maximum Gasteiger partial charge on any atom is 0.265 e. The summed E-state index contributed by atoms with van der Waals surface area (Å²) >= 11 is 0. The molecule has 10 nitrogen and oxygen atoms in total. The Balaban J connectivity index is 1.47. The molecule has 180 valence electrons. The van der Waals surface area contributed by atoms with Gasteiger partial charge in [-0.2, -0.15) is 0 Å². The van der Waals surface area contributed by atoms with E-state index in [9.17, 15) is 28.0 Å². The van der Waals surface area contributed by atoms with Gasteiger partial charge >= 0.3 is 0 Å². The van der Waals surface area contributed by atoms with Gasteiger partial charge in [0, 0.05) is 6.54 Å². The monoisotopic (exact) mass is 495 g/mol. The van der Waals surface area contributed by atoms with Crippen molar-refractivity contribution in [2.75, 3.05) is 6.54 Å². The van der Waals surface area contributed by atoms with Crippen molar-refractivity contribution in [3.63, 3.8) is 0 Å². The molecule has 0 aromatic heterocycles. The van der Waals surface area contributed by atoms with Gasteiger partial charge in [-0.05, 0) is 55.0 Å². The highest BCUT2D eigenvalue weighted by atomic mass is 32.2. The minimum absolute atomic E-state index is 0.138. The highest BCUT2D eigenvalue weighted by molar-refractivity contribution is 7.89. The normalized spacial score (nSPS) is 14.2. The molecule has 0 spiro atoms. The molecule has 3 aromatic rings. The van der Waals surface area contributed by atoms with Crippen molar-refractivity contribution in [1.82, 2.24) is 9.37 Å². The van der Waals surface area contributed by atoms with Crippen LogP contribution < -0.4 is 10.5 Å². The topological polar surface area (TPSA) is 147 Å². The molecule has 3 N–H and O–H groups in total. The van der Waals surface area contributed by atoms with Crippen molar-refractivity contribution < 1.29 is 32.7 Å². The van der Waals surface area contributed by atoms with Gasteiger partial charge in [0.25, 0.3) is 21.8 Å². The Labute approximate surface area is 201 Å². The van der Waals surface area contributed by atoms with Crippen LogP contribution in [-0.2, 0) is 14.8 Å². The SMILES string of the molecule is NC(=O)C(CCN1C(=O)c2ccccc2C1=O)N(O)S(=O)(=O)c1ccc(Oc2ccccc2)cc1. The average molecular weight is 496 g/mol. The summed E-state index contributed by atoms with van der Waals surface area (Å²) in [6.07, 6.45) is -0.397. The lowest BCUT2D eigenvalue weighted by atomic mass is 10.1. The molecule has 3 aromatic carbocycles. The third kappa shape index (κ3) is 4.78. The molecule has 4 rings (SSSR count). The van der Waals surface area contributed by atoms with Crippen molar-refractivity contribution in [2.24, 2.45) is 5.73 Å². The molecule has 1 heterocycles. The fourth-order valence-corrected chi connectivity index (χ4v) is 4.88. The van der Waals surface area contributed by atoms with Gasteiger partial charge in [-0.3, -0.25) is 24.5 Å². The van der Waals surface area contributed by atoms with Crippen LogP contribution in [0.5, 0.6) is 11.5 Å². The largest absolute Gasteiger partial charge is 0.457 e. The van der Waals surface area contributed by atoms with E-state index in [1.807, 2.05) is 6.07 Å². The summed E-state index contributed by atoms with van der Waals surface area (Å²) < 4.78 is 31.3. The van der Waals surface area contributed by atoms with Crippen LogP contribution in [0, 0.1) is 0 Å². The van der Waals surface area contributed by atoms with Crippen LogP contribution in [0.25, 0.3) is 0 Å². The predicted molar refractivity (Wildman–Crippen MR) is 123 cm³/mol. The lowest BCUT2D eigenvalue weighted by molar-refractivity contribution is -0.131. The molecule has 0 bridgehead atoms. The average Bonchev–Trinajstić information content (AvgIpc) is 3.10. The van der Waals surface area contributed by atoms with Crippen LogP contribution in [0.3, 0.4) is 0 Å². The summed E-state index contributed by atoms with van der Waals surface area (Å²) in [6, 6.07) is 18.5. The number of nitrogens with two attached hydrogens (primary N) is 1. The van der Waals surface area contributed by atoms with Gasteiger partial charge in [0.1, 0.15) is 17.5 Å². The summed E-state index contributed by atoms with van der Waals surface area (Å²) in [5.74, 6) is -1.38. The lowest BCUT2D eigenvalue weighted by Gasteiger charge is -2.24. The molecule has 0 aliphatic carbocycles. The molecule has 35 heavy (non-hydrogen) atoms. The Hall–Kier alpha value is -4.06. The number of imide groups is 1. The first-order chi connectivity index (χ1) is 16.7. The molecule has 1 aliphatic heterocycles. The lowest BCUT2D eigenvalue weighted by Crippen LogP contribution is -2.48.